The Bertz CT molecular complexity index is 497. The van der Waals surface area contributed by atoms with Crippen molar-refractivity contribution in [1.29, 1.82) is 0 Å². The van der Waals surface area contributed by atoms with Gasteiger partial charge in [-0.25, -0.2) is 8.42 Å². The highest BCUT2D eigenvalue weighted by Gasteiger charge is 2.28. The predicted molar refractivity (Wildman–Crippen MR) is 87.3 cm³/mol. The molecule has 1 heterocycles. The van der Waals surface area contributed by atoms with E-state index in [-0.39, 0.29) is 17.5 Å². The minimum Gasteiger partial charge on any atom is -0.357 e. The van der Waals surface area contributed by atoms with Crippen LogP contribution in [0.1, 0.15) is 45.4 Å². The Kier molecular flexibility index (Phi) is 6.08. The number of aliphatic imine (C=N–C) groups is 1. The van der Waals surface area contributed by atoms with Gasteiger partial charge in [-0.3, -0.25) is 4.99 Å². The highest BCUT2D eigenvalue weighted by molar-refractivity contribution is 7.91. The Morgan fingerprint density at radius 3 is 2.90 bits per heavy atom. The third kappa shape index (κ3) is 5.69. The van der Waals surface area contributed by atoms with Crippen LogP contribution in [0.5, 0.6) is 0 Å². The van der Waals surface area contributed by atoms with Gasteiger partial charge in [0.1, 0.15) is 0 Å². The van der Waals surface area contributed by atoms with Gasteiger partial charge < -0.3 is 10.6 Å². The van der Waals surface area contributed by atoms with Crippen molar-refractivity contribution in [3.05, 3.63) is 11.6 Å². The topological polar surface area (TPSA) is 70.6 Å². The third-order valence-electron chi connectivity index (χ3n) is 4.01. The molecule has 1 unspecified atom stereocenters. The minimum atomic E-state index is -2.85. The van der Waals surface area contributed by atoms with Gasteiger partial charge in [-0.05, 0) is 45.4 Å². The molecule has 0 amide bonds. The van der Waals surface area contributed by atoms with Crippen LogP contribution in [0.3, 0.4) is 0 Å². The van der Waals surface area contributed by atoms with Crippen molar-refractivity contribution in [2.24, 2.45) is 4.99 Å². The second-order valence-electron chi connectivity index (χ2n) is 5.86. The van der Waals surface area contributed by atoms with Gasteiger partial charge in [0.25, 0.3) is 0 Å². The zero-order valence-electron chi connectivity index (χ0n) is 12.9. The maximum absolute atomic E-state index is 11.5. The minimum absolute atomic E-state index is 0.00157. The molecule has 1 fully saturated rings. The monoisotopic (exact) mass is 313 g/mol. The molecule has 0 radical (unpaired) electrons. The van der Waals surface area contributed by atoms with Crippen molar-refractivity contribution in [2.45, 2.75) is 51.5 Å². The van der Waals surface area contributed by atoms with Crippen molar-refractivity contribution in [3.8, 4) is 0 Å². The normalized spacial score (nSPS) is 25.5. The van der Waals surface area contributed by atoms with E-state index in [9.17, 15) is 8.42 Å². The van der Waals surface area contributed by atoms with Gasteiger partial charge >= 0.3 is 0 Å². The van der Waals surface area contributed by atoms with E-state index in [0.717, 1.165) is 25.5 Å². The fourth-order valence-corrected chi connectivity index (χ4v) is 4.54. The molecule has 0 aromatic heterocycles. The summed E-state index contributed by atoms with van der Waals surface area (Å²) in [5.74, 6) is 1.26. The highest BCUT2D eigenvalue weighted by atomic mass is 32.2. The Hall–Kier alpha value is -1.04. The number of nitrogens with zero attached hydrogens (tertiary/aromatic N) is 1. The number of hydrogen-bond acceptors (Lipinski definition) is 3. The van der Waals surface area contributed by atoms with E-state index >= 15 is 0 Å². The molecule has 0 aromatic carbocycles. The van der Waals surface area contributed by atoms with Gasteiger partial charge in [0.05, 0.1) is 11.5 Å². The first-order valence-electron chi connectivity index (χ1n) is 8.02. The lowest BCUT2D eigenvalue weighted by Crippen LogP contribution is -2.44. The van der Waals surface area contributed by atoms with Crippen molar-refractivity contribution < 1.29 is 8.42 Å². The largest absolute Gasteiger partial charge is 0.357 e. The summed E-state index contributed by atoms with van der Waals surface area (Å²) in [6.07, 6.45) is 9.07. The highest BCUT2D eigenvalue weighted by Crippen LogP contribution is 2.19. The standard InChI is InChI=1S/C15H27N3O2S/c1-2-16-15(18-14-9-11-21(19,20)12-14)17-10-8-13-6-4-3-5-7-13/h6,14H,2-5,7-12H2,1H3,(H2,16,17,18). The fourth-order valence-electron chi connectivity index (χ4n) is 2.87. The lowest BCUT2D eigenvalue weighted by atomic mass is 9.97. The molecule has 2 N–H and O–H groups in total. The van der Waals surface area contributed by atoms with E-state index in [1.165, 1.54) is 31.3 Å². The number of nitrogens with one attached hydrogen (secondary N) is 2. The van der Waals surface area contributed by atoms with E-state index in [2.05, 4.69) is 21.7 Å². The Labute approximate surface area is 128 Å². The van der Waals surface area contributed by atoms with Crippen LogP contribution in [0.25, 0.3) is 0 Å². The third-order valence-corrected chi connectivity index (χ3v) is 5.77. The second kappa shape index (κ2) is 7.82. The summed E-state index contributed by atoms with van der Waals surface area (Å²) in [6, 6.07) is 0.00157. The van der Waals surface area contributed by atoms with Crippen LogP contribution in [0.15, 0.2) is 16.6 Å². The number of allylic oxidation sites excluding steroid dienone is 1. The Balaban J connectivity index is 1.82. The molecule has 0 bridgehead atoms. The van der Waals surface area contributed by atoms with Crippen molar-refractivity contribution in [2.75, 3.05) is 24.6 Å². The van der Waals surface area contributed by atoms with Crippen LogP contribution in [0.4, 0.5) is 0 Å². The van der Waals surface area contributed by atoms with Gasteiger partial charge in [0, 0.05) is 19.1 Å². The van der Waals surface area contributed by atoms with Crippen molar-refractivity contribution in [1.82, 2.24) is 10.6 Å². The summed E-state index contributed by atoms with van der Waals surface area (Å²) < 4.78 is 23.0. The number of sulfone groups is 1. The van der Waals surface area contributed by atoms with Gasteiger partial charge in [0.15, 0.2) is 15.8 Å². The van der Waals surface area contributed by atoms with Crippen LogP contribution in [-0.4, -0.2) is 45.0 Å². The SMILES string of the molecule is CCNC(=NCCC1=CCCCC1)NC1CCS(=O)(=O)C1. The van der Waals surface area contributed by atoms with Crippen molar-refractivity contribution in [3.63, 3.8) is 0 Å². The number of hydrogen-bond donors (Lipinski definition) is 2. The quantitative estimate of drug-likeness (QED) is 0.460. The fraction of sp³-hybridized carbons (Fsp3) is 0.800. The molecule has 1 aliphatic heterocycles. The summed E-state index contributed by atoms with van der Waals surface area (Å²) in [5, 5.41) is 6.45. The molecule has 0 aromatic rings. The Morgan fingerprint density at radius 1 is 1.43 bits per heavy atom. The van der Waals surface area contributed by atoms with Gasteiger partial charge in [-0.15, -0.1) is 0 Å². The summed E-state index contributed by atoms with van der Waals surface area (Å²) >= 11 is 0. The van der Waals surface area contributed by atoms with Crippen LogP contribution in [-0.2, 0) is 9.84 Å². The van der Waals surface area contributed by atoms with Crippen LogP contribution in [0, 0.1) is 0 Å². The van der Waals surface area contributed by atoms with E-state index in [0.29, 0.717) is 6.42 Å². The molecule has 5 nitrogen and oxygen atoms in total. The first-order valence-corrected chi connectivity index (χ1v) is 9.84. The lowest BCUT2D eigenvalue weighted by molar-refractivity contribution is 0.599. The first-order chi connectivity index (χ1) is 10.1. The second-order valence-corrected chi connectivity index (χ2v) is 8.09. The zero-order chi connectivity index (χ0) is 15.1. The van der Waals surface area contributed by atoms with Crippen molar-refractivity contribution >= 4 is 15.8 Å². The van der Waals surface area contributed by atoms with Crippen LogP contribution in [0.2, 0.25) is 0 Å². The van der Waals surface area contributed by atoms with E-state index in [1.807, 2.05) is 6.92 Å². The Morgan fingerprint density at radius 2 is 2.29 bits per heavy atom. The average molecular weight is 313 g/mol. The lowest BCUT2D eigenvalue weighted by Gasteiger charge is -2.16. The zero-order valence-corrected chi connectivity index (χ0v) is 13.7. The molecule has 2 aliphatic rings. The molecule has 1 saturated heterocycles. The number of guanidine groups is 1. The maximum atomic E-state index is 11.5. The van der Waals surface area contributed by atoms with Crippen LogP contribution < -0.4 is 10.6 Å². The van der Waals surface area contributed by atoms with Gasteiger partial charge in [-0.2, -0.15) is 0 Å². The molecular weight excluding hydrogens is 286 g/mol. The molecule has 120 valence electrons. The van der Waals surface area contributed by atoms with E-state index < -0.39 is 9.84 Å². The van der Waals surface area contributed by atoms with E-state index in [1.54, 1.807) is 0 Å². The molecule has 2 rings (SSSR count). The maximum Gasteiger partial charge on any atom is 0.191 e. The van der Waals surface area contributed by atoms with E-state index in [4.69, 9.17) is 0 Å². The van der Waals surface area contributed by atoms with Gasteiger partial charge in [0.2, 0.25) is 0 Å². The molecule has 1 atom stereocenters. The summed E-state index contributed by atoms with van der Waals surface area (Å²) in [6.45, 7) is 3.57. The predicted octanol–water partition coefficient (Wildman–Crippen LogP) is 1.62. The average Bonchev–Trinajstić information content (AvgIpc) is 2.79. The summed E-state index contributed by atoms with van der Waals surface area (Å²) in [4.78, 5) is 4.58. The molecule has 0 saturated carbocycles. The first kappa shape index (κ1) is 16.3. The summed E-state index contributed by atoms with van der Waals surface area (Å²) in [5.41, 5.74) is 1.52. The molecule has 21 heavy (non-hydrogen) atoms. The number of rotatable bonds is 5. The smallest absolute Gasteiger partial charge is 0.191 e. The summed E-state index contributed by atoms with van der Waals surface area (Å²) in [7, 11) is -2.85. The molecular formula is C15H27N3O2S. The molecule has 1 aliphatic carbocycles. The molecule has 0 spiro atoms. The van der Waals surface area contributed by atoms with Gasteiger partial charge in [-0.1, -0.05) is 11.6 Å². The molecule has 6 heteroatoms. The van der Waals surface area contributed by atoms with Crippen LogP contribution >= 0.6 is 0 Å².